The highest BCUT2D eigenvalue weighted by Gasteiger charge is 2.34. The van der Waals surface area contributed by atoms with Crippen molar-refractivity contribution in [2.75, 3.05) is 6.61 Å². The molecule has 1 aliphatic carbocycles. The fourth-order valence-corrected chi connectivity index (χ4v) is 2.08. The Hall–Kier alpha value is -0.610. The zero-order chi connectivity index (χ0) is 12.4. The second kappa shape index (κ2) is 4.72. The Labute approximate surface area is 97.6 Å². The summed E-state index contributed by atoms with van der Waals surface area (Å²) in [5.41, 5.74) is 5.33. The molecule has 4 nitrogen and oxygen atoms in total. The number of hydrogen-bond acceptors (Lipinski definition) is 3. The van der Waals surface area contributed by atoms with Crippen LogP contribution in [-0.4, -0.2) is 28.7 Å². The summed E-state index contributed by atoms with van der Waals surface area (Å²) in [6.07, 6.45) is 3.01. The third-order valence-electron chi connectivity index (χ3n) is 3.17. The van der Waals surface area contributed by atoms with Gasteiger partial charge in [0.15, 0.2) is 0 Å². The predicted octanol–water partition coefficient (Wildman–Crippen LogP) is 0.781. The molecule has 0 atom stereocenters. The number of hydrogen-bond donors (Lipinski definition) is 3. The first-order valence-corrected chi connectivity index (χ1v) is 5.97. The molecule has 4 N–H and O–H groups in total. The number of nitrogens with one attached hydrogen (secondary N) is 1. The summed E-state index contributed by atoms with van der Waals surface area (Å²) in [7, 11) is 0. The summed E-state index contributed by atoms with van der Waals surface area (Å²) in [6, 6.07) is 0. The summed E-state index contributed by atoms with van der Waals surface area (Å²) >= 11 is 0. The molecule has 0 spiro atoms. The first-order chi connectivity index (χ1) is 7.26. The van der Waals surface area contributed by atoms with Crippen molar-refractivity contribution < 1.29 is 9.90 Å². The Morgan fingerprint density at radius 3 is 2.31 bits per heavy atom. The third-order valence-corrected chi connectivity index (χ3v) is 3.17. The lowest BCUT2D eigenvalue weighted by molar-refractivity contribution is -0.127. The lowest BCUT2D eigenvalue weighted by Gasteiger charge is -2.36. The Kier molecular flexibility index (Phi) is 3.97. The molecule has 1 aliphatic rings. The van der Waals surface area contributed by atoms with Crippen molar-refractivity contribution >= 4 is 5.91 Å². The van der Waals surface area contributed by atoms with Crippen molar-refractivity contribution in [1.82, 2.24) is 5.32 Å². The summed E-state index contributed by atoms with van der Waals surface area (Å²) in [5.74, 6) is 0.176. The van der Waals surface area contributed by atoms with Crippen molar-refractivity contribution in [2.45, 2.75) is 57.5 Å². The molecule has 1 saturated carbocycles. The van der Waals surface area contributed by atoms with Gasteiger partial charge in [-0.3, -0.25) is 4.79 Å². The van der Waals surface area contributed by atoms with Crippen molar-refractivity contribution in [3.8, 4) is 0 Å². The van der Waals surface area contributed by atoms with Crippen molar-refractivity contribution in [3.05, 3.63) is 0 Å². The molecule has 94 valence electrons. The smallest absolute Gasteiger partial charge is 0.223 e. The van der Waals surface area contributed by atoms with Crippen LogP contribution in [0.2, 0.25) is 0 Å². The Morgan fingerprint density at radius 1 is 1.44 bits per heavy atom. The zero-order valence-electron chi connectivity index (χ0n) is 10.5. The number of aliphatic hydroxyl groups is 1. The number of amides is 1. The van der Waals surface area contributed by atoms with E-state index in [1.807, 2.05) is 20.8 Å². The van der Waals surface area contributed by atoms with Crippen LogP contribution >= 0.6 is 0 Å². The van der Waals surface area contributed by atoms with Gasteiger partial charge in [-0.1, -0.05) is 0 Å². The summed E-state index contributed by atoms with van der Waals surface area (Å²) in [4.78, 5) is 11.9. The van der Waals surface area contributed by atoms with E-state index in [4.69, 9.17) is 10.8 Å². The van der Waals surface area contributed by atoms with E-state index >= 15 is 0 Å². The topological polar surface area (TPSA) is 75.4 Å². The summed E-state index contributed by atoms with van der Waals surface area (Å²) in [5, 5.41) is 12.1. The highest BCUT2D eigenvalue weighted by Crippen LogP contribution is 2.30. The maximum atomic E-state index is 11.9. The van der Waals surface area contributed by atoms with Gasteiger partial charge < -0.3 is 16.2 Å². The highest BCUT2D eigenvalue weighted by atomic mass is 16.3. The molecule has 1 fully saturated rings. The highest BCUT2D eigenvalue weighted by molar-refractivity contribution is 5.79. The summed E-state index contributed by atoms with van der Waals surface area (Å²) < 4.78 is 0. The number of carbonyl (C=O) groups excluding carboxylic acids is 1. The third kappa shape index (κ3) is 3.76. The van der Waals surface area contributed by atoms with Gasteiger partial charge in [-0.05, 0) is 46.5 Å². The minimum absolute atomic E-state index is 0.0145. The molecule has 0 radical (unpaired) electrons. The van der Waals surface area contributed by atoms with E-state index in [-0.39, 0.29) is 24.0 Å². The molecule has 1 rings (SSSR count). The SMILES string of the molecule is CC(C)(C)NC(=O)C1CCC(N)(CO)CC1. The van der Waals surface area contributed by atoms with Crippen molar-refractivity contribution in [1.29, 1.82) is 0 Å². The number of rotatable bonds is 2. The van der Waals surface area contributed by atoms with E-state index < -0.39 is 5.54 Å². The van der Waals surface area contributed by atoms with Crippen LogP contribution in [0, 0.1) is 5.92 Å². The van der Waals surface area contributed by atoms with Crippen LogP contribution in [0.4, 0.5) is 0 Å². The van der Waals surface area contributed by atoms with E-state index in [2.05, 4.69) is 5.32 Å². The largest absolute Gasteiger partial charge is 0.394 e. The second-order valence-electron chi connectivity index (χ2n) is 6.03. The molecular formula is C12H24N2O2. The minimum atomic E-state index is -0.460. The Bertz CT molecular complexity index is 250. The minimum Gasteiger partial charge on any atom is -0.394 e. The molecule has 0 unspecified atom stereocenters. The van der Waals surface area contributed by atoms with E-state index in [9.17, 15) is 4.79 Å². The molecule has 4 heteroatoms. The van der Waals surface area contributed by atoms with Gasteiger partial charge in [0.05, 0.1) is 6.61 Å². The molecule has 0 aromatic rings. The van der Waals surface area contributed by atoms with Crippen LogP contribution in [0.15, 0.2) is 0 Å². The molecule has 0 heterocycles. The first-order valence-electron chi connectivity index (χ1n) is 5.97. The molecule has 1 amide bonds. The molecule has 0 bridgehead atoms. The molecule has 16 heavy (non-hydrogen) atoms. The zero-order valence-corrected chi connectivity index (χ0v) is 10.5. The van der Waals surface area contributed by atoms with E-state index in [0.29, 0.717) is 0 Å². The maximum Gasteiger partial charge on any atom is 0.223 e. The normalized spacial score (nSPS) is 31.2. The van der Waals surface area contributed by atoms with Crippen LogP contribution < -0.4 is 11.1 Å². The van der Waals surface area contributed by atoms with E-state index in [1.165, 1.54) is 0 Å². The van der Waals surface area contributed by atoms with Crippen LogP contribution in [0.1, 0.15) is 46.5 Å². The fraction of sp³-hybridized carbons (Fsp3) is 0.917. The van der Waals surface area contributed by atoms with E-state index in [1.54, 1.807) is 0 Å². The lowest BCUT2D eigenvalue weighted by Crippen LogP contribution is -2.50. The molecule has 0 saturated heterocycles. The lowest BCUT2D eigenvalue weighted by atomic mass is 9.77. The van der Waals surface area contributed by atoms with Crippen molar-refractivity contribution in [2.24, 2.45) is 11.7 Å². The molecule has 0 aliphatic heterocycles. The van der Waals surface area contributed by atoms with Gasteiger partial charge in [0.1, 0.15) is 0 Å². The van der Waals surface area contributed by atoms with Gasteiger partial charge in [-0.25, -0.2) is 0 Å². The van der Waals surface area contributed by atoms with E-state index in [0.717, 1.165) is 25.7 Å². The first kappa shape index (κ1) is 13.5. The number of carbonyl (C=O) groups is 1. The van der Waals surface area contributed by atoms with Gasteiger partial charge in [0, 0.05) is 17.0 Å². The van der Waals surface area contributed by atoms with Gasteiger partial charge in [0.25, 0.3) is 0 Å². The van der Waals surface area contributed by atoms with Gasteiger partial charge in [-0.15, -0.1) is 0 Å². The van der Waals surface area contributed by atoms with Crippen molar-refractivity contribution in [3.63, 3.8) is 0 Å². The quantitative estimate of drug-likeness (QED) is 0.654. The second-order valence-corrected chi connectivity index (χ2v) is 6.03. The average Bonchev–Trinajstić information content (AvgIpc) is 2.16. The molecular weight excluding hydrogens is 204 g/mol. The Morgan fingerprint density at radius 2 is 1.94 bits per heavy atom. The standard InChI is InChI=1S/C12H24N2O2/c1-11(2,3)14-10(16)9-4-6-12(13,8-15)7-5-9/h9,15H,4-8,13H2,1-3H3,(H,14,16). The fourth-order valence-electron chi connectivity index (χ4n) is 2.08. The number of aliphatic hydroxyl groups excluding tert-OH is 1. The molecule has 0 aromatic carbocycles. The van der Waals surface area contributed by atoms with Crippen LogP contribution in [0.5, 0.6) is 0 Å². The Balaban J connectivity index is 2.45. The number of nitrogens with two attached hydrogens (primary N) is 1. The maximum absolute atomic E-state index is 11.9. The van der Waals surface area contributed by atoms with Gasteiger partial charge in [0.2, 0.25) is 5.91 Å². The van der Waals surface area contributed by atoms with Gasteiger partial charge >= 0.3 is 0 Å². The van der Waals surface area contributed by atoms with Crippen LogP contribution in [0.3, 0.4) is 0 Å². The molecule has 0 aromatic heterocycles. The average molecular weight is 228 g/mol. The monoisotopic (exact) mass is 228 g/mol. The van der Waals surface area contributed by atoms with Crippen LogP contribution in [-0.2, 0) is 4.79 Å². The van der Waals surface area contributed by atoms with Crippen LogP contribution in [0.25, 0.3) is 0 Å². The predicted molar refractivity (Wildman–Crippen MR) is 63.9 cm³/mol. The van der Waals surface area contributed by atoms with Gasteiger partial charge in [-0.2, -0.15) is 0 Å². The summed E-state index contributed by atoms with van der Waals surface area (Å²) in [6.45, 7) is 5.96.